The summed E-state index contributed by atoms with van der Waals surface area (Å²) in [7, 11) is 0. The van der Waals surface area contributed by atoms with E-state index < -0.39 is 0 Å². The number of rotatable bonds is 26. The fraction of sp³-hybridized carbons (Fsp3) is 0.929. The van der Waals surface area contributed by atoms with Crippen LogP contribution in [0.25, 0.3) is 0 Å². The van der Waals surface area contributed by atoms with Gasteiger partial charge in [0.15, 0.2) is 0 Å². The number of nitrogens with two attached hydrogens (primary N) is 1. The van der Waals surface area contributed by atoms with Crippen LogP contribution in [0, 0.1) is 0 Å². The van der Waals surface area contributed by atoms with Gasteiger partial charge >= 0.3 is 0 Å². The molecule has 0 bridgehead atoms. The maximum Gasteiger partial charge on any atom is 0.0558 e. The molecule has 0 spiro atoms. The van der Waals surface area contributed by atoms with Crippen LogP contribution in [0.2, 0.25) is 0 Å². The zero-order valence-corrected chi connectivity index (χ0v) is 21.6. The van der Waals surface area contributed by atoms with E-state index in [0.717, 1.165) is 19.4 Å². The van der Waals surface area contributed by atoms with E-state index >= 15 is 0 Å². The van der Waals surface area contributed by atoms with Crippen molar-refractivity contribution in [2.45, 2.75) is 135 Å². The standard InChI is InChI=1S/C28H58N2O2/c1-2-3-4-5-6-7-8-9-10-11-12-13-14-15-16-18-21-28(29)22-19-17-20-23-30(24-26-31)25-27-32/h9-10,28,31-32H,2-8,11-27,29H2,1H3/b10-9-. The van der Waals surface area contributed by atoms with E-state index in [1.165, 1.54) is 109 Å². The van der Waals surface area contributed by atoms with Crippen LogP contribution in [0.1, 0.15) is 129 Å². The molecule has 1 atom stereocenters. The zero-order chi connectivity index (χ0) is 23.5. The number of nitrogens with zero attached hydrogens (tertiary/aromatic N) is 1. The van der Waals surface area contributed by atoms with Crippen molar-refractivity contribution in [3.8, 4) is 0 Å². The van der Waals surface area contributed by atoms with Gasteiger partial charge in [-0.25, -0.2) is 0 Å². The summed E-state index contributed by atoms with van der Waals surface area (Å²) in [5, 5.41) is 18.1. The van der Waals surface area contributed by atoms with Crippen LogP contribution in [0.15, 0.2) is 12.2 Å². The normalized spacial score (nSPS) is 12.9. The van der Waals surface area contributed by atoms with Crippen LogP contribution in [-0.4, -0.2) is 54.0 Å². The van der Waals surface area contributed by atoms with Crippen LogP contribution in [-0.2, 0) is 0 Å². The Hall–Kier alpha value is -0.420. The molecular formula is C28H58N2O2. The van der Waals surface area contributed by atoms with E-state index in [1.54, 1.807) is 0 Å². The van der Waals surface area contributed by atoms with Gasteiger partial charge in [0.25, 0.3) is 0 Å². The molecule has 0 aromatic carbocycles. The summed E-state index contributed by atoms with van der Waals surface area (Å²) in [5.41, 5.74) is 6.29. The molecule has 0 aliphatic heterocycles. The quantitative estimate of drug-likeness (QED) is 0.102. The number of allylic oxidation sites excluding steroid dienone is 2. The van der Waals surface area contributed by atoms with Gasteiger partial charge in [0, 0.05) is 19.1 Å². The lowest BCUT2D eigenvalue weighted by atomic mass is 10.0. The summed E-state index contributed by atoms with van der Waals surface area (Å²) in [6, 6.07) is 0.359. The number of hydrogen-bond acceptors (Lipinski definition) is 4. The first-order valence-electron chi connectivity index (χ1n) is 14.1. The van der Waals surface area contributed by atoms with Crippen LogP contribution in [0.3, 0.4) is 0 Å². The molecule has 192 valence electrons. The Balaban J connectivity index is 3.32. The second-order valence-electron chi connectivity index (χ2n) is 9.62. The summed E-state index contributed by atoms with van der Waals surface area (Å²) >= 11 is 0. The second kappa shape index (κ2) is 26.8. The van der Waals surface area contributed by atoms with Gasteiger partial charge in [-0.2, -0.15) is 0 Å². The largest absolute Gasteiger partial charge is 0.395 e. The van der Waals surface area contributed by atoms with E-state index in [-0.39, 0.29) is 13.2 Å². The third kappa shape index (κ3) is 24.2. The Morgan fingerprint density at radius 1 is 0.594 bits per heavy atom. The highest BCUT2D eigenvalue weighted by Crippen LogP contribution is 2.13. The minimum absolute atomic E-state index is 0.168. The third-order valence-electron chi connectivity index (χ3n) is 6.47. The molecule has 4 N–H and O–H groups in total. The van der Waals surface area contributed by atoms with Gasteiger partial charge in [-0.05, 0) is 51.5 Å². The Labute approximate surface area is 201 Å². The average Bonchev–Trinajstić information content (AvgIpc) is 2.78. The summed E-state index contributed by atoms with van der Waals surface area (Å²) in [4.78, 5) is 2.13. The molecule has 0 fully saturated rings. The molecule has 0 aliphatic carbocycles. The number of hydrogen-bond donors (Lipinski definition) is 3. The molecule has 4 heteroatoms. The van der Waals surface area contributed by atoms with E-state index in [2.05, 4.69) is 24.0 Å². The Kier molecular flexibility index (Phi) is 26.5. The van der Waals surface area contributed by atoms with Crippen molar-refractivity contribution >= 4 is 0 Å². The van der Waals surface area contributed by atoms with E-state index in [0.29, 0.717) is 19.1 Å². The molecule has 0 radical (unpaired) electrons. The molecule has 0 aromatic rings. The number of unbranched alkanes of at least 4 members (excludes halogenated alkanes) is 14. The van der Waals surface area contributed by atoms with Crippen molar-refractivity contribution in [1.29, 1.82) is 0 Å². The van der Waals surface area contributed by atoms with Gasteiger partial charge in [-0.15, -0.1) is 0 Å². The predicted molar refractivity (Wildman–Crippen MR) is 141 cm³/mol. The molecule has 0 aliphatic rings. The maximum atomic E-state index is 9.03. The average molecular weight is 455 g/mol. The molecule has 0 rings (SSSR count). The van der Waals surface area contributed by atoms with Crippen molar-refractivity contribution in [3.63, 3.8) is 0 Å². The Morgan fingerprint density at radius 2 is 1.03 bits per heavy atom. The van der Waals surface area contributed by atoms with Gasteiger partial charge in [-0.1, -0.05) is 96.1 Å². The minimum Gasteiger partial charge on any atom is -0.395 e. The lowest BCUT2D eigenvalue weighted by Crippen LogP contribution is -2.30. The first-order valence-corrected chi connectivity index (χ1v) is 14.1. The molecule has 0 aromatic heterocycles. The molecule has 32 heavy (non-hydrogen) atoms. The van der Waals surface area contributed by atoms with Gasteiger partial charge in [-0.3, -0.25) is 4.90 Å². The van der Waals surface area contributed by atoms with Gasteiger partial charge < -0.3 is 15.9 Å². The molecule has 4 nitrogen and oxygen atoms in total. The topological polar surface area (TPSA) is 69.7 Å². The molecule has 0 heterocycles. The Morgan fingerprint density at radius 3 is 1.53 bits per heavy atom. The molecular weight excluding hydrogens is 396 g/mol. The molecule has 0 amide bonds. The third-order valence-corrected chi connectivity index (χ3v) is 6.47. The highest BCUT2D eigenvalue weighted by molar-refractivity contribution is 4.81. The van der Waals surface area contributed by atoms with Gasteiger partial charge in [0.1, 0.15) is 0 Å². The van der Waals surface area contributed by atoms with Crippen LogP contribution >= 0.6 is 0 Å². The molecule has 0 saturated carbocycles. The van der Waals surface area contributed by atoms with Gasteiger partial charge in [0.2, 0.25) is 0 Å². The fourth-order valence-electron chi connectivity index (χ4n) is 4.34. The second-order valence-corrected chi connectivity index (χ2v) is 9.62. The Bertz CT molecular complexity index is 370. The van der Waals surface area contributed by atoms with Crippen molar-refractivity contribution < 1.29 is 10.2 Å². The van der Waals surface area contributed by atoms with Gasteiger partial charge in [0.05, 0.1) is 13.2 Å². The lowest BCUT2D eigenvalue weighted by Gasteiger charge is -2.20. The van der Waals surface area contributed by atoms with Crippen molar-refractivity contribution in [2.24, 2.45) is 5.73 Å². The lowest BCUT2D eigenvalue weighted by molar-refractivity contribution is 0.159. The number of aliphatic hydroxyl groups excluding tert-OH is 2. The highest BCUT2D eigenvalue weighted by atomic mass is 16.3. The summed E-state index contributed by atoms with van der Waals surface area (Å²) in [6.07, 6.45) is 29.6. The first kappa shape index (κ1) is 31.6. The smallest absolute Gasteiger partial charge is 0.0558 e. The SMILES string of the molecule is CCCCCCCC/C=C\CCCCCCCCC(N)CCCCCN(CCO)CCO. The van der Waals surface area contributed by atoms with E-state index in [9.17, 15) is 0 Å². The monoisotopic (exact) mass is 454 g/mol. The maximum absolute atomic E-state index is 9.03. The molecule has 1 unspecified atom stereocenters. The van der Waals surface area contributed by atoms with Crippen molar-refractivity contribution in [2.75, 3.05) is 32.8 Å². The van der Waals surface area contributed by atoms with Crippen molar-refractivity contribution in [1.82, 2.24) is 4.90 Å². The van der Waals surface area contributed by atoms with E-state index in [4.69, 9.17) is 15.9 Å². The molecule has 0 saturated heterocycles. The van der Waals surface area contributed by atoms with Crippen LogP contribution in [0.4, 0.5) is 0 Å². The summed E-state index contributed by atoms with van der Waals surface area (Å²) in [5.74, 6) is 0. The minimum atomic E-state index is 0.168. The highest BCUT2D eigenvalue weighted by Gasteiger charge is 2.05. The summed E-state index contributed by atoms with van der Waals surface area (Å²) < 4.78 is 0. The van der Waals surface area contributed by atoms with Crippen molar-refractivity contribution in [3.05, 3.63) is 12.2 Å². The zero-order valence-electron chi connectivity index (χ0n) is 21.6. The van der Waals surface area contributed by atoms with Crippen LogP contribution in [0.5, 0.6) is 0 Å². The van der Waals surface area contributed by atoms with Crippen LogP contribution < -0.4 is 5.73 Å². The first-order chi connectivity index (χ1) is 15.7. The predicted octanol–water partition coefficient (Wildman–Crippen LogP) is 6.59. The summed E-state index contributed by atoms with van der Waals surface area (Å²) in [6.45, 7) is 4.90. The van der Waals surface area contributed by atoms with E-state index in [1.807, 2.05) is 0 Å². The fourth-order valence-corrected chi connectivity index (χ4v) is 4.34. The number of aliphatic hydroxyl groups is 2.